The minimum Gasteiger partial charge on any atom is -0.354 e. The van der Waals surface area contributed by atoms with Gasteiger partial charge in [0.1, 0.15) is 5.82 Å². The predicted molar refractivity (Wildman–Crippen MR) is 120 cm³/mol. The van der Waals surface area contributed by atoms with Crippen molar-refractivity contribution in [2.75, 3.05) is 23.7 Å². The molecule has 158 valence electrons. The van der Waals surface area contributed by atoms with Crippen molar-refractivity contribution in [3.63, 3.8) is 0 Å². The van der Waals surface area contributed by atoms with Gasteiger partial charge in [-0.25, -0.2) is 4.39 Å². The average molecular weight is 417 g/mol. The van der Waals surface area contributed by atoms with Gasteiger partial charge in [-0.1, -0.05) is 30.3 Å². The minimum atomic E-state index is -0.379. The molecule has 4 rings (SSSR count). The first-order valence-corrected chi connectivity index (χ1v) is 10.4. The van der Waals surface area contributed by atoms with E-state index >= 15 is 0 Å². The number of likely N-dealkylation sites (tertiary alicyclic amines) is 1. The molecule has 1 heterocycles. The fraction of sp³-hybridized carbons (Fsp3) is 0.200. The van der Waals surface area contributed by atoms with Crippen LogP contribution in [0.1, 0.15) is 23.2 Å². The molecular weight excluding hydrogens is 393 g/mol. The number of hydrogen-bond acceptors (Lipinski definition) is 3. The summed E-state index contributed by atoms with van der Waals surface area (Å²) in [5, 5.41) is 6.34. The molecule has 1 aliphatic heterocycles. The van der Waals surface area contributed by atoms with E-state index in [1.54, 1.807) is 4.90 Å². The summed E-state index contributed by atoms with van der Waals surface area (Å²) in [5.74, 6) is -0.972. The lowest BCUT2D eigenvalue weighted by molar-refractivity contribution is -0.121. The fourth-order valence-corrected chi connectivity index (χ4v) is 3.76. The molecule has 2 N–H and O–H groups in total. The first-order valence-electron chi connectivity index (χ1n) is 10.4. The molecule has 0 spiro atoms. The summed E-state index contributed by atoms with van der Waals surface area (Å²) in [6, 6.07) is 22.8. The molecule has 0 aromatic heterocycles. The molecule has 1 saturated heterocycles. The third kappa shape index (κ3) is 5.09. The van der Waals surface area contributed by atoms with Crippen LogP contribution in [0.3, 0.4) is 0 Å². The van der Waals surface area contributed by atoms with Crippen molar-refractivity contribution >= 4 is 28.9 Å². The van der Waals surface area contributed by atoms with Crippen LogP contribution in [0.5, 0.6) is 0 Å². The van der Waals surface area contributed by atoms with Crippen LogP contribution in [0.25, 0.3) is 0 Å². The second kappa shape index (κ2) is 9.43. The lowest BCUT2D eigenvalue weighted by Crippen LogP contribution is -2.43. The van der Waals surface area contributed by atoms with E-state index in [0.29, 0.717) is 30.8 Å². The lowest BCUT2D eigenvalue weighted by atomic mass is 9.96. The zero-order valence-corrected chi connectivity index (χ0v) is 17.1. The highest BCUT2D eigenvalue weighted by molar-refractivity contribution is 5.98. The average Bonchev–Trinajstić information content (AvgIpc) is 2.81. The van der Waals surface area contributed by atoms with Crippen LogP contribution >= 0.6 is 0 Å². The van der Waals surface area contributed by atoms with Crippen LogP contribution < -0.4 is 10.6 Å². The Bertz CT molecular complexity index is 1050. The summed E-state index contributed by atoms with van der Waals surface area (Å²) < 4.78 is 13.2. The first kappa shape index (κ1) is 20.6. The van der Waals surface area contributed by atoms with Crippen LogP contribution in [0.15, 0.2) is 78.9 Å². The number of amides is 2. The number of hydrogen-bond donors (Lipinski definition) is 2. The van der Waals surface area contributed by atoms with E-state index in [1.807, 2.05) is 54.6 Å². The van der Waals surface area contributed by atoms with E-state index in [1.165, 1.54) is 24.3 Å². The van der Waals surface area contributed by atoms with Crippen molar-refractivity contribution in [2.45, 2.75) is 12.8 Å². The number of nitrogens with one attached hydrogen (secondary N) is 2. The van der Waals surface area contributed by atoms with Gasteiger partial charge >= 0.3 is 0 Å². The van der Waals surface area contributed by atoms with E-state index in [4.69, 9.17) is 0 Å². The third-order valence-electron chi connectivity index (χ3n) is 5.41. The fourth-order valence-electron chi connectivity index (χ4n) is 3.76. The molecule has 31 heavy (non-hydrogen) atoms. The number of nitrogens with zero attached hydrogens (tertiary/aromatic N) is 1. The Morgan fingerprint density at radius 2 is 1.55 bits per heavy atom. The van der Waals surface area contributed by atoms with E-state index in [0.717, 1.165) is 17.8 Å². The van der Waals surface area contributed by atoms with Crippen LogP contribution in [-0.4, -0.2) is 29.8 Å². The first-order chi connectivity index (χ1) is 15.1. The topological polar surface area (TPSA) is 61.4 Å². The van der Waals surface area contributed by atoms with Gasteiger partial charge in [-0.3, -0.25) is 9.59 Å². The van der Waals surface area contributed by atoms with Crippen LogP contribution in [0, 0.1) is 11.7 Å². The maximum Gasteiger partial charge on any atom is 0.253 e. The summed E-state index contributed by atoms with van der Waals surface area (Å²) in [7, 11) is 0. The second-order valence-electron chi connectivity index (χ2n) is 7.62. The Morgan fingerprint density at radius 1 is 0.871 bits per heavy atom. The molecule has 2 amide bonds. The zero-order valence-electron chi connectivity index (χ0n) is 17.1. The van der Waals surface area contributed by atoms with Gasteiger partial charge in [-0.2, -0.15) is 0 Å². The second-order valence-corrected chi connectivity index (χ2v) is 7.62. The highest BCUT2D eigenvalue weighted by Gasteiger charge is 2.29. The molecule has 1 aliphatic rings. The molecule has 0 saturated carbocycles. The van der Waals surface area contributed by atoms with Gasteiger partial charge in [0.2, 0.25) is 5.91 Å². The van der Waals surface area contributed by atoms with Gasteiger partial charge in [0.15, 0.2) is 0 Å². The zero-order chi connectivity index (χ0) is 21.6. The summed E-state index contributed by atoms with van der Waals surface area (Å²) in [6.07, 6.45) is 1.46. The van der Waals surface area contributed by atoms with Crippen molar-refractivity contribution in [2.24, 2.45) is 5.92 Å². The molecule has 1 fully saturated rings. The molecule has 0 bridgehead atoms. The number of benzene rings is 3. The predicted octanol–water partition coefficient (Wildman–Crippen LogP) is 5.06. The third-order valence-corrected chi connectivity index (χ3v) is 5.41. The highest BCUT2D eigenvalue weighted by Crippen LogP contribution is 2.27. The molecule has 0 aliphatic carbocycles. The molecule has 1 atom stereocenters. The summed E-state index contributed by atoms with van der Waals surface area (Å²) in [6.45, 7) is 0.933. The normalized spacial score (nSPS) is 15.9. The largest absolute Gasteiger partial charge is 0.354 e. The van der Waals surface area contributed by atoms with E-state index < -0.39 is 0 Å². The molecule has 1 unspecified atom stereocenters. The number of anilines is 3. The Morgan fingerprint density at radius 3 is 2.29 bits per heavy atom. The number of carbonyl (C=O) groups excluding carboxylic acids is 2. The quantitative estimate of drug-likeness (QED) is 0.610. The van der Waals surface area contributed by atoms with Gasteiger partial charge in [0.05, 0.1) is 17.3 Å². The number of piperidine rings is 1. The number of para-hydroxylation sites is 3. The van der Waals surface area contributed by atoms with Crippen molar-refractivity contribution in [1.29, 1.82) is 0 Å². The molecule has 5 nitrogen and oxygen atoms in total. The van der Waals surface area contributed by atoms with Gasteiger partial charge < -0.3 is 15.5 Å². The van der Waals surface area contributed by atoms with E-state index in [2.05, 4.69) is 10.6 Å². The van der Waals surface area contributed by atoms with Gasteiger partial charge in [0, 0.05) is 24.3 Å². The monoisotopic (exact) mass is 417 g/mol. The Balaban J connectivity index is 1.43. The summed E-state index contributed by atoms with van der Waals surface area (Å²) >= 11 is 0. The summed E-state index contributed by atoms with van der Waals surface area (Å²) in [5.41, 5.74) is 2.85. The molecule has 0 radical (unpaired) electrons. The van der Waals surface area contributed by atoms with Crippen LogP contribution in [0.4, 0.5) is 21.5 Å². The number of halogens is 1. The smallest absolute Gasteiger partial charge is 0.253 e. The summed E-state index contributed by atoms with van der Waals surface area (Å²) in [4.78, 5) is 27.4. The van der Waals surface area contributed by atoms with Crippen molar-refractivity contribution in [3.8, 4) is 0 Å². The number of carbonyl (C=O) groups is 2. The maximum atomic E-state index is 13.2. The highest BCUT2D eigenvalue weighted by atomic mass is 19.1. The van der Waals surface area contributed by atoms with E-state index in [-0.39, 0.29) is 23.5 Å². The van der Waals surface area contributed by atoms with Crippen molar-refractivity contribution in [3.05, 3.63) is 90.2 Å². The Labute approximate surface area is 180 Å². The molecule has 3 aromatic carbocycles. The lowest BCUT2D eigenvalue weighted by Gasteiger charge is -2.32. The Hall–Kier alpha value is -3.67. The van der Waals surface area contributed by atoms with Crippen molar-refractivity contribution in [1.82, 2.24) is 4.90 Å². The van der Waals surface area contributed by atoms with Crippen LogP contribution in [-0.2, 0) is 4.79 Å². The van der Waals surface area contributed by atoms with E-state index in [9.17, 15) is 14.0 Å². The maximum absolute atomic E-state index is 13.2. The minimum absolute atomic E-state index is 0.112. The molecular formula is C25H24FN3O2. The van der Waals surface area contributed by atoms with Gasteiger partial charge in [-0.05, 0) is 61.4 Å². The van der Waals surface area contributed by atoms with Gasteiger partial charge in [-0.15, -0.1) is 0 Å². The molecule has 3 aromatic rings. The SMILES string of the molecule is O=C(Nc1ccccc1Nc1ccccc1)C1CCCN(C(=O)c2ccc(F)cc2)C1. The number of rotatable bonds is 5. The molecule has 6 heteroatoms. The standard InChI is InChI=1S/C25H24FN3O2/c26-20-14-12-18(13-15-20)25(31)29-16-6-7-19(17-29)24(30)28-23-11-5-4-10-22(23)27-21-8-2-1-3-9-21/h1-5,8-15,19,27H,6-7,16-17H2,(H,28,30). The Kier molecular flexibility index (Phi) is 6.26. The van der Waals surface area contributed by atoms with Gasteiger partial charge in [0.25, 0.3) is 5.91 Å². The van der Waals surface area contributed by atoms with Crippen LogP contribution in [0.2, 0.25) is 0 Å². The van der Waals surface area contributed by atoms with Crippen molar-refractivity contribution < 1.29 is 14.0 Å².